The Morgan fingerprint density at radius 1 is 1.28 bits per heavy atom. The topological polar surface area (TPSA) is 79.6 Å². The van der Waals surface area contributed by atoms with Crippen LogP contribution in [0.15, 0.2) is 41.2 Å². The van der Waals surface area contributed by atoms with E-state index >= 15 is 0 Å². The van der Waals surface area contributed by atoms with E-state index in [2.05, 4.69) is 15.4 Å². The van der Waals surface area contributed by atoms with Crippen LogP contribution in [0, 0.1) is 6.92 Å². The molecule has 5 rings (SSSR count). The van der Waals surface area contributed by atoms with Crippen LogP contribution in [0.2, 0.25) is 0 Å². The molecular formula is C20H19N5O2S2. The molecule has 29 heavy (non-hydrogen) atoms. The summed E-state index contributed by atoms with van der Waals surface area (Å²) in [6.45, 7) is 3.21. The second kappa shape index (κ2) is 7.23. The lowest BCUT2D eigenvalue weighted by atomic mass is 10.2. The molecule has 7 nitrogen and oxygen atoms in total. The smallest absolute Gasteiger partial charge is 0.284 e. The molecule has 3 aromatic heterocycles. The van der Waals surface area contributed by atoms with Gasteiger partial charge in [-0.1, -0.05) is 41.7 Å². The molecule has 4 aromatic rings. The molecule has 1 aliphatic rings. The summed E-state index contributed by atoms with van der Waals surface area (Å²) in [6.07, 6.45) is 1.68. The third-order valence-corrected chi connectivity index (χ3v) is 7.01. The van der Waals surface area contributed by atoms with Gasteiger partial charge >= 0.3 is 0 Å². The van der Waals surface area contributed by atoms with Gasteiger partial charge in [0.25, 0.3) is 5.56 Å². The van der Waals surface area contributed by atoms with E-state index in [9.17, 15) is 9.59 Å². The molecule has 1 atom stereocenters. The van der Waals surface area contributed by atoms with Gasteiger partial charge in [0.05, 0.1) is 5.39 Å². The zero-order chi connectivity index (χ0) is 20.0. The van der Waals surface area contributed by atoms with E-state index in [-0.39, 0.29) is 17.5 Å². The number of amides is 1. The SMILES string of the molecule is Cc1cc2c(=O)n3nc(N4CCCC4C(=O)NCc4ccccc4)sc3nc2s1. The van der Waals surface area contributed by atoms with Gasteiger partial charge in [0, 0.05) is 18.0 Å². The van der Waals surface area contributed by atoms with Gasteiger partial charge in [-0.3, -0.25) is 9.59 Å². The van der Waals surface area contributed by atoms with Crippen molar-refractivity contribution in [3.05, 3.63) is 57.2 Å². The molecular weight excluding hydrogens is 406 g/mol. The van der Waals surface area contributed by atoms with Crippen molar-refractivity contribution in [3.63, 3.8) is 0 Å². The van der Waals surface area contributed by atoms with Crippen molar-refractivity contribution in [1.82, 2.24) is 19.9 Å². The van der Waals surface area contributed by atoms with Gasteiger partial charge in [0.15, 0.2) is 0 Å². The lowest BCUT2D eigenvalue weighted by Gasteiger charge is -2.22. The van der Waals surface area contributed by atoms with E-state index in [1.165, 1.54) is 27.2 Å². The van der Waals surface area contributed by atoms with E-state index in [0.717, 1.165) is 34.7 Å². The first-order valence-electron chi connectivity index (χ1n) is 9.48. The Morgan fingerprint density at radius 3 is 2.93 bits per heavy atom. The standard InChI is InChI=1S/C20H19N5O2S2/c1-12-10-14-17(28-12)22-19-25(18(14)27)23-20(29-19)24-9-5-8-15(24)16(26)21-11-13-6-3-2-4-7-13/h2-4,6-7,10,15H,5,8-9,11H2,1H3,(H,21,26). The summed E-state index contributed by atoms with van der Waals surface area (Å²) in [5, 5.41) is 8.81. The predicted octanol–water partition coefficient (Wildman–Crippen LogP) is 2.96. The van der Waals surface area contributed by atoms with Crippen molar-refractivity contribution in [2.24, 2.45) is 0 Å². The molecule has 1 amide bonds. The number of nitrogens with one attached hydrogen (secondary N) is 1. The molecule has 1 saturated heterocycles. The highest BCUT2D eigenvalue weighted by molar-refractivity contribution is 7.21. The molecule has 1 aliphatic heterocycles. The fourth-order valence-corrected chi connectivity index (χ4v) is 5.60. The van der Waals surface area contributed by atoms with Crippen molar-refractivity contribution < 1.29 is 4.79 Å². The maximum Gasteiger partial charge on any atom is 0.284 e. The predicted molar refractivity (Wildman–Crippen MR) is 116 cm³/mol. The van der Waals surface area contributed by atoms with Gasteiger partial charge in [0.2, 0.25) is 16.0 Å². The third kappa shape index (κ3) is 3.30. The first kappa shape index (κ1) is 18.3. The number of carbonyl (C=O) groups is 1. The molecule has 1 unspecified atom stereocenters. The summed E-state index contributed by atoms with van der Waals surface area (Å²) in [7, 11) is 0. The number of hydrogen-bond donors (Lipinski definition) is 1. The van der Waals surface area contributed by atoms with E-state index in [1.807, 2.05) is 48.2 Å². The minimum Gasteiger partial charge on any atom is -0.350 e. The van der Waals surface area contributed by atoms with Crippen molar-refractivity contribution in [3.8, 4) is 0 Å². The number of benzene rings is 1. The number of aryl methyl sites for hydroxylation is 1. The Kier molecular flexibility index (Phi) is 4.56. The Labute approximate surface area is 174 Å². The second-order valence-electron chi connectivity index (χ2n) is 7.13. The summed E-state index contributed by atoms with van der Waals surface area (Å²) in [5.74, 6) is -0.0116. The number of aromatic nitrogens is 3. The quantitative estimate of drug-likeness (QED) is 0.544. The Balaban J connectivity index is 1.41. The maximum atomic E-state index is 12.8. The minimum atomic E-state index is -0.279. The van der Waals surface area contributed by atoms with Crippen LogP contribution in [0.25, 0.3) is 15.2 Å². The van der Waals surface area contributed by atoms with Crippen molar-refractivity contribution >= 4 is 48.9 Å². The van der Waals surface area contributed by atoms with Crippen LogP contribution < -0.4 is 15.8 Å². The number of carbonyl (C=O) groups excluding carboxylic acids is 1. The van der Waals surface area contributed by atoms with Crippen LogP contribution in [-0.4, -0.2) is 33.1 Å². The van der Waals surface area contributed by atoms with Crippen LogP contribution in [-0.2, 0) is 11.3 Å². The number of nitrogens with zero attached hydrogens (tertiary/aromatic N) is 4. The molecule has 0 aliphatic carbocycles. The van der Waals surface area contributed by atoms with Gasteiger partial charge in [-0.25, -0.2) is 4.98 Å². The van der Waals surface area contributed by atoms with E-state index in [4.69, 9.17) is 0 Å². The molecule has 0 radical (unpaired) electrons. The van der Waals surface area contributed by atoms with Crippen LogP contribution in [0.5, 0.6) is 0 Å². The highest BCUT2D eigenvalue weighted by Gasteiger charge is 2.33. The molecule has 1 fully saturated rings. The molecule has 1 N–H and O–H groups in total. The average molecular weight is 426 g/mol. The summed E-state index contributed by atoms with van der Waals surface area (Å²) in [4.78, 5) is 34.6. The maximum absolute atomic E-state index is 12.8. The largest absolute Gasteiger partial charge is 0.350 e. The van der Waals surface area contributed by atoms with Gasteiger partial charge in [-0.2, -0.15) is 4.52 Å². The van der Waals surface area contributed by atoms with E-state index in [1.54, 1.807) is 0 Å². The Bertz CT molecular complexity index is 1260. The third-order valence-electron chi connectivity index (χ3n) is 5.12. The first-order valence-corrected chi connectivity index (χ1v) is 11.1. The lowest BCUT2D eigenvalue weighted by molar-refractivity contribution is -0.122. The average Bonchev–Trinajstić information content (AvgIpc) is 3.44. The monoisotopic (exact) mass is 425 g/mol. The number of hydrogen-bond acceptors (Lipinski definition) is 7. The Hall–Kier alpha value is -2.78. The minimum absolute atomic E-state index is 0.0116. The number of anilines is 1. The first-order chi connectivity index (χ1) is 14.1. The van der Waals surface area contributed by atoms with Crippen LogP contribution >= 0.6 is 22.7 Å². The molecule has 0 saturated carbocycles. The molecule has 0 bridgehead atoms. The molecule has 0 spiro atoms. The van der Waals surface area contributed by atoms with Crippen molar-refractivity contribution in [1.29, 1.82) is 0 Å². The van der Waals surface area contributed by atoms with E-state index in [0.29, 0.717) is 22.0 Å². The summed E-state index contributed by atoms with van der Waals surface area (Å²) in [6, 6.07) is 11.4. The zero-order valence-electron chi connectivity index (χ0n) is 15.8. The highest BCUT2D eigenvalue weighted by Crippen LogP contribution is 2.30. The lowest BCUT2D eigenvalue weighted by Crippen LogP contribution is -2.43. The van der Waals surface area contributed by atoms with E-state index < -0.39 is 0 Å². The molecule has 4 heterocycles. The zero-order valence-corrected chi connectivity index (χ0v) is 17.4. The second-order valence-corrected chi connectivity index (χ2v) is 9.30. The van der Waals surface area contributed by atoms with Gasteiger partial charge in [-0.15, -0.1) is 16.4 Å². The number of rotatable bonds is 4. The van der Waals surface area contributed by atoms with Gasteiger partial charge in [0.1, 0.15) is 10.9 Å². The summed E-state index contributed by atoms with van der Waals surface area (Å²) >= 11 is 2.87. The highest BCUT2D eigenvalue weighted by atomic mass is 32.1. The van der Waals surface area contributed by atoms with Crippen molar-refractivity contribution in [2.75, 3.05) is 11.4 Å². The fraction of sp³-hybridized carbons (Fsp3) is 0.300. The molecule has 9 heteroatoms. The normalized spacial score (nSPS) is 16.7. The van der Waals surface area contributed by atoms with Gasteiger partial charge in [-0.05, 0) is 31.4 Å². The van der Waals surface area contributed by atoms with Gasteiger partial charge < -0.3 is 10.2 Å². The fourth-order valence-electron chi connectivity index (χ4n) is 3.70. The molecule has 1 aromatic carbocycles. The van der Waals surface area contributed by atoms with Crippen LogP contribution in [0.4, 0.5) is 5.13 Å². The van der Waals surface area contributed by atoms with Crippen molar-refractivity contribution in [2.45, 2.75) is 32.4 Å². The summed E-state index contributed by atoms with van der Waals surface area (Å²) < 4.78 is 1.37. The number of thiophene rings is 1. The number of fused-ring (bicyclic) bond motifs is 2. The summed E-state index contributed by atoms with van der Waals surface area (Å²) in [5.41, 5.74) is 0.914. The Morgan fingerprint density at radius 2 is 2.10 bits per heavy atom. The molecule has 148 valence electrons. The van der Waals surface area contributed by atoms with Crippen LogP contribution in [0.1, 0.15) is 23.3 Å². The van der Waals surface area contributed by atoms with Crippen LogP contribution in [0.3, 0.4) is 0 Å².